The number of aromatic amines is 1. The Balaban J connectivity index is 2.77. The summed E-state index contributed by atoms with van der Waals surface area (Å²) in [5.41, 5.74) is 0. The van der Waals surface area contributed by atoms with Crippen LogP contribution in [-0.4, -0.2) is 28.3 Å². The van der Waals surface area contributed by atoms with Crippen LogP contribution in [0.4, 0.5) is 0 Å². The van der Waals surface area contributed by atoms with E-state index >= 15 is 0 Å². The minimum Gasteiger partial charge on any atom is -0.463 e. The van der Waals surface area contributed by atoms with Crippen LogP contribution in [0.1, 0.15) is 10.6 Å². The summed E-state index contributed by atoms with van der Waals surface area (Å²) in [5.74, 6) is -0.384. The van der Waals surface area contributed by atoms with Gasteiger partial charge in [0.05, 0.1) is 7.11 Å². The summed E-state index contributed by atoms with van der Waals surface area (Å²) in [7, 11) is 1.28. The molecule has 0 radical (unpaired) electrons. The first kappa shape index (κ1) is 5.74. The van der Waals surface area contributed by atoms with Gasteiger partial charge in [0.15, 0.2) is 0 Å². The Bertz CT molecular complexity index is 194. The van der Waals surface area contributed by atoms with E-state index in [0.717, 1.165) is 0 Å². The monoisotopic (exact) mass is 129 g/mol. The maximum absolute atomic E-state index is 10.5. The number of carbonyl (C=O) groups excluding carboxylic acids is 1. The van der Waals surface area contributed by atoms with Crippen LogP contribution in [0, 0.1) is 0 Å². The maximum Gasteiger partial charge on any atom is 0.375 e. The lowest BCUT2D eigenvalue weighted by Gasteiger charge is -1.88. The summed E-state index contributed by atoms with van der Waals surface area (Å²) in [6.07, 6.45) is 1.24. The van der Waals surface area contributed by atoms with Gasteiger partial charge in [0.25, 0.3) is 0 Å². The number of ether oxygens (including phenoxy) is 1. The number of methoxy groups -OCH3 is 1. The second-order valence-corrected chi connectivity index (χ2v) is 1.33. The van der Waals surface area contributed by atoms with Crippen molar-refractivity contribution < 1.29 is 9.53 Å². The number of nitrogens with zero attached hydrogens (tertiary/aromatic N) is 2. The van der Waals surface area contributed by atoms with E-state index in [9.17, 15) is 4.79 Å². The van der Waals surface area contributed by atoms with E-state index in [1.54, 1.807) is 0 Å². The molecule has 0 amide bonds. The van der Waals surface area contributed by atoms with E-state index in [4.69, 9.17) is 0 Å². The number of hydrogen-bond acceptors (Lipinski definition) is 4. The van der Waals surface area contributed by atoms with E-state index < -0.39 is 5.97 Å². The molecule has 0 spiro atoms. The van der Waals surface area contributed by atoms with Gasteiger partial charge in [-0.25, -0.2) is 9.78 Å². The Hall–Kier alpha value is -1.39. The third kappa shape index (κ3) is 1.04. The summed E-state index contributed by atoms with van der Waals surface area (Å²) in [4.78, 5) is 14.1. The van der Waals surface area contributed by atoms with E-state index in [0.29, 0.717) is 0 Å². The van der Waals surface area contributed by atoms with Crippen LogP contribution in [0.3, 0.4) is 0 Å². The predicted molar refractivity (Wildman–Crippen MR) is 27.7 cm³/mol. The molecule has 5 heteroatoms. The molecule has 0 aromatic carbocycles. The van der Waals surface area contributed by atoms with Crippen LogP contribution < -0.4 is 0 Å². The van der Waals surface area contributed by atoms with Crippen molar-refractivity contribution >= 4 is 5.97 Å². The zero-order valence-corrected chi connectivity index (χ0v) is 4.79. The molecule has 1 aromatic heterocycles. The standard InChI is InChI=1S/C4H5N3O2/c1-9-4(8)3-5-2-6-7-3/h2H,1H3,(H,5,6,7)/i3+1,4+1. The molecule has 0 saturated carbocycles. The molecule has 1 N–H and O–H groups in total. The van der Waals surface area contributed by atoms with Gasteiger partial charge < -0.3 is 4.74 Å². The minimum atomic E-state index is -0.507. The number of carbonyl (C=O) groups is 1. The van der Waals surface area contributed by atoms with Gasteiger partial charge in [-0.3, -0.25) is 5.10 Å². The number of rotatable bonds is 1. The largest absolute Gasteiger partial charge is 0.463 e. The summed E-state index contributed by atoms with van der Waals surface area (Å²) in [5, 5.41) is 5.81. The summed E-state index contributed by atoms with van der Waals surface area (Å²) >= 11 is 0. The molecule has 1 heterocycles. The molecule has 0 aliphatic heterocycles. The normalized spacial score (nSPS) is 9.00. The predicted octanol–water partition coefficient (Wildman–Crippen LogP) is -0.409. The Morgan fingerprint density at radius 2 is 2.67 bits per heavy atom. The van der Waals surface area contributed by atoms with Crippen molar-refractivity contribution in [1.82, 2.24) is 15.2 Å². The molecule has 0 aliphatic rings. The number of H-pyrrole nitrogens is 1. The van der Waals surface area contributed by atoms with Crippen molar-refractivity contribution in [1.29, 1.82) is 0 Å². The average molecular weight is 129 g/mol. The molecule has 0 fully saturated rings. The van der Waals surface area contributed by atoms with E-state index in [1.165, 1.54) is 13.4 Å². The second kappa shape index (κ2) is 2.25. The lowest BCUT2D eigenvalue weighted by atomic mass is 11.4. The number of aromatic nitrogens is 3. The molecule has 0 bridgehead atoms. The van der Waals surface area contributed by atoms with E-state index in [2.05, 4.69) is 19.9 Å². The Labute approximate surface area is 51.1 Å². The molecule has 1 rings (SSSR count). The van der Waals surface area contributed by atoms with Crippen molar-refractivity contribution in [3.8, 4) is 0 Å². The third-order valence-electron chi connectivity index (χ3n) is 0.794. The fourth-order valence-electron chi connectivity index (χ4n) is 0.401. The summed E-state index contributed by atoms with van der Waals surface area (Å²) < 4.78 is 4.32. The van der Waals surface area contributed by atoms with Crippen LogP contribution in [0.2, 0.25) is 0 Å². The first-order valence-electron chi connectivity index (χ1n) is 2.28. The number of nitrogens with one attached hydrogen (secondary N) is 1. The first-order chi connectivity index (χ1) is 4.34. The topological polar surface area (TPSA) is 67.9 Å². The Morgan fingerprint density at radius 3 is 3.11 bits per heavy atom. The molecule has 0 atom stereocenters. The van der Waals surface area contributed by atoms with Gasteiger partial charge in [-0.05, 0) is 0 Å². The zero-order chi connectivity index (χ0) is 6.69. The highest BCUT2D eigenvalue weighted by atomic mass is 16.6. The lowest BCUT2D eigenvalue weighted by Crippen LogP contribution is -2.02. The van der Waals surface area contributed by atoms with Crippen LogP contribution in [-0.2, 0) is 4.74 Å². The SMILES string of the molecule is CO[13C](=O)[13c]1ncn[nH]1. The summed E-state index contributed by atoms with van der Waals surface area (Å²) in [6, 6.07) is 0. The zero-order valence-electron chi connectivity index (χ0n) is 4.79. The van der Waals surface area contributed by atoms with Gasteiger partial charge >= 0.3 is 5.97 Å². The highest BCUT2D eigenvalue weighted by Crippen LogP contribution is 1.86. The molecule has 1 aromatic rings. The third-order valence-corrected chi connectivity index (χ3v) is 0.794. The van der Waals surface area contributed by atoms with Crippen LogP contribution in [0.15, 0.2) is 6.33 Å². The van der Waals surface area contributed by atoms with Gasteiger partial charge in [-0.15, -0.1) is 0 Å². The van der Waals surface area contributed by atoms with E-state index in [1.807, 2.05) is 0 Å². The van der Waals surface area contributed by atoms with Gasteiger partial charge in [0.1, 0.15) is 6.33 Å². The van der Waals surface area contributed by atoms with Gasteiger partial charge in [0.2, 0.25) is 5.82 Å². The van der Waals surface area contributed by atoms with Gasteiger partial charge in [-0.1, -0.05) is 0 Å². The molecular formula is C4H5N3O2. The van der Waals surface area contributed by atoms with Gasteiger partial charge in [0, 0.05) is 0 Å². The quantitative estimate of drug-likeness (QED) is 0.413. The number of hydrogen-bond donors (Lipinski definition) is 1. The van der Waals surface area contributed by atoms with Crippen molar-refractivity contribution in [2.45, 2.75) is 0 Å². The van der Waals surface area contributed by atoms with E-state index in [-0.39, 0.29) is 5.82 Å². The van der Waals surface area contributed by atoms with Gasteiger partial charge in [-0.2, -0.15) is 5.10 Å². The first-order valence-corrected chi connectivity index (χ1v) is 2.28. The Kier molecular flexibility index (Phi) is 1.44. The fourth-order valence-corrected chi connectivity index (χ4v) is 0.401. The molecule has 5 nitrogen and oxygen atoms in total. The molecule has 0 saturated heterocycles. The molecular weight excluding hydrogens is 124 g/mol. The molecule has 9 heavy (non-hydrogen) atoms. The minimum absolute atomic E-state index is 0.123. The molecule has 0 unspecified atom stereocenters. The molecule has 48 valence electrons. The Morgan fingerprint density at radius 1 is 1.89 bits per heavy atom. The van der Waals surface area contributed by atoms with Crippen LogP contribution in [0.5, 0.6) is 0 Å². The van der Waals surface area contributed by atoms with Crippen molar-refractivity contribution in [3.63, 3.8) is 0 Å². The summed E-state index contributed by atoms with van der Waals surface area (Å²) in [6.45, 7) is 0. The maximum atomic E-state index is 10.5. The fraction of sp³-hybridized carbons (Fsp3) is 0.250. The average Bonchev–Trinajstić information content (AvgIpc) is 2.37. The van der Waals surface area contributed by atoms with Crippen LogP contribution >= 0.6 is 0 Å². The molecule has 0 aliphatic carbocycles. The number of esters is 1. The highest BCUT2D eigenvalue weighted by Gasteiger charge is 2.05. The second-order valence-electron chi connectivity index (χ2n) is 1.33. The van der Waals surface area contributed by atoms with Crippen LogP contribution in [0.25, 0.3) is 0 Å². The van der Waals surface area contributed by atoms with Crippen molar-refractivity contribution in [3.05, 3.63) is 12.2 Å². The van der Waals surface area contributed by atoms with Crippen molar-refractivity contribution in [2.24, 2.45) is 0 Å². The highest BCUT2D eigenvalue weighted by molar-refractivity contribution is 5.84. The smallest absolute Gasteiger partial charge is 0.375 e. The lowest BCUT2D eigenvalue weighted by molar-refractivity contribution is 0.0587. The van der Waals surface area contributed by atoms with Crippen molar-refractivity contribution in [2.75, 3.05) is 7.11 Å².